The molecule has 1 saturated heterocycles. The van der Waals surface area contributed by atoms with Crippen LogP contribution in [0.1, 0.15) is 37.7 Å². The molecule has 0 aliphatic carbocycles. The van der Waals surface area contributed by atoms with E-state index in [0.717, 1.165) is 55.7 Å². The van der Waals surface area contributed by atoms with Crippen molar-refractivity contribution in [1.82, 2.24) is 9.97 Å². The van der Waals surface area contributed by atoms with Crippen molar-refractivity contribution in [3.63, 3.8) is 0 Å². The van der Waals surface area contributed by atoms with E-state index in [-0.39, 0.29) is 0 Å². The third-order valence-electron chi connectivity index (χ3n) is 3.83. The van der Waals surface area contributed by atoms with Crippen LogP contribution in [-0.4, -0.2) is 42.3 Å². The molecule has 104 valence electrons. The van der Waals surface area contributed by atoms with Crippen LogP contribution in [0.5, 0.6) is 0 Å². The lowest BCUT2D eigenvalue weighted by Crippen LogP contribution is -2.46. The molecular weight excluding hydrogens is 240 g/mol. The monoisotopic (exact) mass is 262 g/mol. The molecule has 0 saturated carbocycles. The Morgan fingerprint density at radius 1 is 1.37 bits per heavy atom. The smallest absolute Gasteiger partial charge is 0.156 e. The molecule has 0 spiro atoms. The molecule has 3 heterocycles. The molecule has 1 atom stereocenters. The third-order valence-corrected chi connectivity index (χ3v) is 3.83. The van der Waals surface area contributed by atoms with Gasteiger partial charge in [-0.05, 0) is 13.3 Å². The maximum Gasteiger partial charge on any atom is 0.156 e. The first kappa shape index (κ1) is 12.7. The van der Waals surface area contributed by atoms with Gasteiger partial charge in [0.25, 0.3) is 0 Å². The van der Waals surface area contributed by atoms with E-state index >= 15 is 0 Å². The molecule has 1 fully saturated rings. The number of hydrogen-bond donors (Lipinski definition) is 1. The highest BCUT2D eigenvalue weighted by Crippen LogP contribution is 2.33. The minimum Gasteiger partial charge on any atom is -0.379 e. The fourth-order valence-electron chi connectivity index (χ4n) is 2.75. The van der Waals surface area contributed by atoms with Crippen molar-refractivity contribution >= 4 is 11.5 Å². The van der Waals surface area contributed by atoms with E-state index in [9.17, 15) is 0 Å². The molecule has 2 aliphatic heterocycles. The first-order chi connectivity index (χ1) is 9.16. The number of ether oxygens (including phenoxy) is 1. The zero-order valence-corrected chi connectivity index (χ0v) is 11.9. The number of hydrogen-bond acceptors (Lipinski definition) is 5. The van der Waals surface area contributed by atoms with E-state index in [0.29, 0.717) is 12.0 Å². The van der Waals surface area contributed by atoms with Gasteiger partial charge in [-0.3, -0.25) is 0 Å². The minimum atomic E-state index is 0.354. The summed E-state index contributed by atoms with van der Waals surface area (Å²) in [5.41, 5.74) is 2.15. The van der Waals surface area contributed by atoms with Crippen LogP contribution in [0.15, 0.2) is 0 Å². The van der Waals surface area contributed by atoms with E-state index in [1.807, 2.05) is 0 Å². The second kappa shape index (κ2) is 4.96. The molecule has 19 heavy (non-hydrogen) atoms. The van der Waals surface area contributed by atoms with Crippen molar-refractivity contribution in [3.05, 3.63) is 11.5 Å². The lowest BCUT2D eigenvalue weighted by atomic mass is 10.1. The van der Waals surface area contributed by atoms with E-state index in [1.165, 1.54) is 0 Å². The lowest BCUT2D eigenvalue weighted by Gasteiger charge is -2.37. The van der Waals surface area contributed by atoms with Crippen LogP contribution in [0, 0.1) is 6.92 Å². The number of nitrogens with zero attached hydrogens (tertiary/aromatic N) is 3. The Morgan fingerprint density at radius 3 is 3.00 bits per heavy atom. The molecule has 3 rings (SSSR count). The predicted octanol–water partition coefficient (Wildman–Crippen LogP) is 1.93. The molecule has 0 amide bonds. The Morgan fingerprint density at radius 2 is 2.21 bits per heavy atom. The van der Waals surface area contributed by atoms with Gasteiger partial charge in [0.15, 0.2) is 5.82 Å². The fourth-order valence-corrected chi connectivity index (χ4v) is 2.75. The summed E-state index contributed by atoms with van der Waals surface area (Å²) in [5.74, 6) is 2.36. The van der Waals surface area contributed by atoms with Crippen LogP contribution in [0.4, 0.5) is 11.5 Å². The summed E-state index contributed by atoms with van der Waals surface area (Å²) in [6, 6.07) is 0.393. The minimum absolute atomic E-state index is 0.354. The lowest BCUT2D eigenvalue weighted by molar-refractivity contribution is 0.136. The van der Waals surface area contributed by atoms with Crippen molar-refractivity contribution in [1.29, 1.82) is 0 Å². The second-order valence-electron chi connectivity index (χ2n) is 5.68. The van der Waals surface area contributed by atoms with Crippen LogP contribution >= 0.6 is 0 Å². The van der Waals surface area contributed by atoms with E-state index < -0.39 is 0 Å². The third kappa shape index (κ3) is 2.27. The first-order valence-electron chi connectivity index (χ1n) is 7.13. The number of aromatic nitrogens is 2. The maximum absolute atomic E-state index is 5.66. The summed E-state index contributed by atoms with van der Waals surface area (Å²) in [7, 11) is 0. The van der Waals surface area contributed by atoms with Crippen molar-refractivity contribution < 1.29 is 4.74 Å². The Kier molecular flexibility index (Phi) is 3.31. The Hall–Kier alpha value is -1.36. The van der Waals surface area contributed by atoms with Crippen LogP contribution in [-0.2, 0) is 4.74 Å². The van der Waals surface area contributed by atoms with E-state index in [4.69, 9.17) is 9.72 Å². The molecular formula is C14H22N4O. The summed E-state index contributed by atoms with van der Waals surface area (Å²) < 4.78 is 5.66. The van der Waals surface area contributed by atoms with Crippen LogP contribution < -0.4 is 10.2 Å². The molecule has 1 unspecified atom stereocenters. The molecule has 1 aromatic heterocycles. The molecule has 2 aliphatic rings. The normalized spacial score (nSPS) is 22.5. The molecule has 1 aromatic rings. The molecule has 5 heteroatoms. The van der Waals surface area contributed by atoms with Crippen molar-refractivity contribution in [2.24, 2.45) is 0 Å². The zero-order chi connectivity index (χ0) is 13.4. The molecule has 0 radical (unpaired) electrons. The van der Waals surface area contributed by atoms with Crippen LogP contribution in [0.3, 0.4) is 0 Å². The van der Waals surface area contributed by atoms with Crippen molar-refractivity contribution in [2.75, 3.05) is 36.5 Å². The number of fused-ring (bicyclic) bond motifs is 3. The topological polar surface area (TPSA) is 50.3 Å². The van der Waals surface area contributed by atoms with Gasteiger partial charge in [-0.25, -0.2) is 9.97 Å². The molecule has 0 bridgehead atoms. The Bertz CT molecular complexity index is 475. The van der Waals surface area contributed by atoms with Crippen LogP contribution in [0.2, 0.25) is 0 Å². The van der Waals surface area contributed by atoms with Gasteiger partial charge in [0.05, 0.1) is 24.0 Å². The van der Waals surface area contributed by atoms with Gasteiger partial charge in [0, 0.05) is 25.6 Å². The van der Waals surface area contributed by atoms with Gasteiger partial charge in [-0.15, -0.1) is 0 Å². The van der Waals surface area contributed by atoms with E-state index in [1.54, 1.807) is 0 Å². The van der Waals surface area contributed by atoms with Crippen molar-refractivity contribution in [2.45, 2.75) is 39.2 Å². The number of aryl methyl sites for hydroxylation is 1. The molecule has 5 nitrogen and oxygen atoms in total. The summed E-state index contributed by atoms with van der Waals surface area (Å²) in [5, 5.41) is 3.48. The predicted molar refractivity (Wildman–Crippen MR) is 75.9 cm³/mol. The highest BCUT2D eigenvalue weighted by atomic mass is 16.5. The van der Waals surface area contributed by atoms with Gasteiger partial charge >= 0.3 is 0 Å². The summed E-state index contributed by atoms with van der Waals surface area (Å²) in [4.78, 5) is 11.8. The average Bonchev–Trinajstić information content (AvgIpc) is 2.63. The first-order valence-corrected chi connectivity index (χ1v) is 7.13. The SMILES string of the molecule is Cc1nc(C(C)C)nc2c1NCC1COCCCN21. The molecule has 0 aromatic carbocycles. The summed E-state index contributed by atoms with van der Waals surface area (Å²) >= 11 is 0. The number of rotatable bonds is 1. The summed E-state index contributed by atoms with van der Waals surface area (Å²) in [6.07, 6.45) is 1.07. The van der Waals surface area contributed by atoms with Gasteiger partial charge in [0.2, 0.25) is 0 Å². The number of nitrogens with one attached hydrogen (secondary N) is 1. The standard InChI is InChI=1S/C14H22N4O/c1-9(2)13-16-10(3)12-14(17-13)18-5-4-6-19-8-11(18)7-15-12/h9,11,15H,4-8H2,1-3H3. The van der Waals surface area contributed by atoms with Gasteiger partial charge in [0.1, 0.15) is 5.82 Å². The van der Waals surface area contributed by atoms with Crippen LogP contribution in [0.25, 0.3) is 0 Å². The number of anilines is 2. The largest absolute Gasteiger partial charge is 0.379 e. The maximum atomic E-state index is 5.66. The Labute approximate surface area is 114 Å². The highest BCUT2D eigenvalue weighted by molar-refractivity contribution is 5.71. The Balaban J connectivity index is 2.04. The van der Waals surface area contributed by atoms with E-state index in [2.05, 4.69) is 36.0 Å². The van der Waals surface area contributed by atoms with Gasteiger partial charge in [-0.2, -0.15) is 0 Å². The highest BCUT2D eigenvalue weighted by Gasteiger charge is 2.30. The fraction of sp³-hybridized carbons (Fsp3) is 0.714. The zero-order valence-electron chi connectivity index (χ0n) is 11.9. The quantitative estimate of drug-likeness (QED) is 0.838. The van der Waals surface area contributed by atoms with Crippen molar-refractivity contribution in [3.8, 4) is 0 Å². The van der Waals surface area contributed by atoms with Gasteiger partial charge in [-0.1, -0.05) is 13.8 Å². The molecule has 1 N–H and O–H groups in total. The second-order valence-corrected chi connectivity index (χ2v) is 5.68. The average molecular weight is 262 g/mol. The van der Waals surface area contributed by atoms with Gasteiger partial charge < -0.3 is 15.0 Å². The summed E-state index contributed by atoms with van der Waals surface area (Å²) in [6.45, 7) is 9.91.